The lowest BCUT2D eigenvalue weighted by Crippen LogP contribution is -2.39. The Kier molecular flexibility index (Phi) is 5.72. The summed E-state index contributed by atoms with van der Waals surface area (Å²) in [6.07, 6.45) is 3.00. The first-order valence-electron chi connectivity index (χ1n) is 12.1. The van der Waals surface area contributed by atoms with Gasteiger partial charge in [0.15, 0.2) is 23.1 Å². The number of ketones is 2. The van der Waals surface area contributed by atoms with E-state index >= 15 is 0 Å². The Hall–Kier alpha value is -4.25. The van der Waals surface area contributed by atoms with Crippen LogP contribution >= 0.6 is 15.9 Å². The van der Waals surface area contributed by atoms with Crippen LogP contribution < -0.4 is 4.90 Å². The number of fused-ring (bicyclic) bond motifs is 3. The molecule has 2 amide bonds. The Morgan fingerprint density at radius 2 is 1.79 bits per heavy atom. The molecule has 0 spiro atoms. The molecule has 1 aliphatic heterocycles. The second-order valence-corrected chi connectivity index (χ2v) is 10.7. The first-order chi connectivity index (χ1) is 18.6. The maximum absolute atomic E-state index is 14.5. The van der Waals surface area contributed by atoms with Crippen LogP contribution in [0.1, 0.15) is 24.3 Å². The summed E-state index contributed by atoms with van der Waals surface area (Å²) in [5.41, 5.74) is 0.665. The van der Waals surface area contributed by atoms with Crippen molar-refractivity contribution in [3.8, 4) is 5.75 Å². The number of allylic oxidation sites excluding steroid dienone is 6. The van der Waals surface area contributed by atoms with E-state index in [1.807, 2.05) is 0 Å². The molecular weight excluding hydrogens is 575 g/mol. The number of benzene rings is 2. The minimum Gasteiger partial charge on any atom is -0.505 e. The van der Waals surface area contributed by atoms with Gasteiger partial charge in [0.25, 0.3) is 5.69 Å². The first kappa shape index (κ1) is 25.1. The van der Waals surface area contributed by atoms with Crippen LogP contribution in [-0.2, 0) is 19.2 Å². The average Bonchev–Trinajstić information content (AvgIpc) is 3.17. The topological polar surface area (TPSA) is 135 Å². The van der Waals surface area contributed by atoms with E-state index in [-0.39, 0.29) is 45.4 Å². The van der Waals surface area contributed by atoms with Crippen LogP contribution in [0, 0.1) is 33.7 Å². The van der Waals surface area contributed by atoms with Crippen molar-refractivity contribution in [3.63, 3.8) is 0 Å². The highest BCUT2D eigenvalue weighted by Gasteiger charge is 2.57. The molecule has 1 fully saturated rings. The fourth-order valence-electron chi connectivity index (χ4n) is 6.33. The van der Waals surface area contributed by atoms with Gasteiger partial charge in [-0.1, -0.05) is 29.8 Å². The molecule has 4 unspecified atom stereocenters. The zero-order valence-electron chi connectivity index (χ0n) is 20.0. The number of non-ortho nitro benzene ring substituents is 1. The molecule has 3 aliphatic carbocycles. The third-order valence-electron chi connectivity index (χ3n) is 7.96. The van der Waals surface area contributed by atoms with E-state index in [1.54, 1.807) is 6.08 Å². The third-order valence-corrected chi connectivity index (χ3v) is 8.55. The van der Waals surface area contributed by atoms with Gasteiger partial charge in [0, 0.05) is 40.8 Å². The number of carbonyl (C=O) groups is 4. The number of aromatic hydroxyl groups is 1. The molecule has 0 radical (unpaired) electrons. The molecule has 0 saturated carbocycles. The van der Waals surface area contributed by atoms with Gasteiger partial charge in [-0.15, -0.1) is 0 Å². The number of phenolic OH excluding ortho intramolecular Hbond substituents is 1. The van der Waals surface area contributed by atoms with Crippen molar-refractivity contribution in [2.75, 3.05) is 4.90 Å². The number of carbonyl (C=O) groups excluding carboxylic acids is 4. The molecule has 11 heteroatoms. The van der Waals surface area contributed by atoms with Gasteiger partial charge in [0.1, 0.15) is 0 Å². The summed E-state index contributed by atoms with van der Waals surface area (Å²) in [5, 5.41) is 21.9. The largest absolute Gasteiger partial charge is 0.505 e. The lowest BCUT2D eigenvalue weighted by atomic mass is 9.59. The number of hydrogen-bond acceptors (Lipinski definition) is 7. The summed E-state index contributed by atoms with van der Waals surface area (Å²) in [7, 11) is 0. The molecule has 0 bridgehead atoms. The molecule has 1 saturated heterocycles. The Morgan fingerprint density at radius 3 is 2.54 bits per heavy atom. The highest BCUT2D eigenvalue weighted by atomic mass is 79.9. The molecule has 1 heterocycles. The second kappa shape index (κ2) is 8.91. The molecule has 6 rings (SSSR count). The zero-order chi connectivity index (χ0) is 27.7. The summed E-state index contributed by atoms with van der Waals surface area (Å²) in [5.74, 6) is -7.00. The van der Waals surface area contributed by atoms with Gasteiger partial charge in [-0.2, -0.15) is 0 Å². The molecule has 0 aromatic heterocycles. The average molecular weight is 593 g/mol. The van der Waals surface area contributed by atoms with Crippen LogP contribution in [0.25, 0.3) is 0 Å². The molecule has 1 N–H and O–H groups in total. The van der Waals surface area contributed by atoms with Crippen molar-refractivity contribution >= 4 is 50.7 Å². The van der Waals surface area contributed by atoms with E-state index in [0.29, 0.717) is 5.57 Å². The maximum atomic E-state index is 14.5. The van der Waals surface area contributed by atoms with Crippen molar-refractivity contribution in [2.45, 2.75) is 18.8 Å². The van der Waals surface area contributed by atoms with Gasteiger partial charge in [-0.25, -0.2) is 9.29 Å². The second-order valence-electron chi connectivity index (χ2n) is 9.86. The van der Waals surface area contributed by atoms with Gasteiger partial charge >= 0.3 is 0 Å². The Balaban J connectivity index is 1.49. The lowest BCUT2D eigenvalue weighted by molar-refractivity contribution is -0.384. The van der Waals surface area contributed by atoms with Crippen molar-refractivity contribution in [2.24, 2.45) is 17.8 Å². The van der Waals surface area contributed by atoms with Gasteiger partial charge in [0.2, 0.25) is 11.8 Å². The standard InChI is InChI=1S/C28H18BrFN2O7/c29-19-11-21(33)24-18(25(19)34)10-17-14(22(24)15-5-2-6-20(30)26(15)35)7-8-16-23(17)28(37)31(27(16)36)12-3-1-4-13(9-12)32(38)39/h1-7,9,11,16-17,22-23,35H,8,10H2. The predicted octanol–water partition coefficient (Wildman–Crippen LogP) is 4.41. The SMILES string of the molecule is O=C1C=C(Br)C(=O)C2=C1C(c1cccc(F)c1O)C1=CCC3C(=O)N(c4cccc([N+](=O)[O-])c4)C(=O)C3C1C2. The van der Waals surface area contributed by atoms with Crippen molar-refractivity contribution in [1.29, 1.82) is 0 Å². The number of nitro benzene ring substituents is 1. The number of imide groups is 1. The molecular formula is C28H18BrFN2O7. The number of anilines is 1. The summed E-state index contributed by atoms with van der Waals surface area (Å²) in [6, 6.07) is 9.15. The number of rotatable bonds is 3. The quantitative estimate of drug-likeness (QED) is 0.183. The van der Waals surface area contributed by atoms with Gasteiger partial charge in [0.05, 0.1) is 26.9 Å². The number of amides is 2. The fourth-order valence-corrected chi connectivity index (χ4v) is 6.77. The molecule has 2 aromatic carbocycles. The minimum atomic E-state index is -1.00. The smallest absolute Gasteiger partial charge is 0.271 e. The Labute approximate surface area is 228 Å². The van der Waals surface area contributed by atoms with Gasteiger partial charge in [-0.3, -0.25) is 29.3 Å². The van der Waals surface area contributed by atoms with Gasteiger partial charge in [-0.05, 0) is 46.8 Å². The van der Waals surface area contributed by atoms with E-state index in [2.05, 4.69) is 15.9 Å². The summed E-state index contributed by atoms with van der Waals surface area (Å²) in [6.45, 7) is 0. The summed E-state index contributed by atoms with van der Waals surface area (Å²) < 4.78 is 14.5. The molecule has 4 aliphatic rings. The zero-order valence-corrected chi connectivity index (χ0v) is 21.6. The Bertz CT molecular complexity index is 1640. The Morgan fingerprint density at radius 1 is 1.05 bits per heavy atom. The van der Waals surface area contributed by atoms with E-state index in [0.717, 1.165) is 23.1 Å². The minimum absolute atomic E-state index is 0.00970. The van der Waals surface area contributed by atoms with Gasteiger partial charge < -0.3 is 5.11 Å². The summed E-state index contributed by atoms with van der Waals surface area (Å²) in [4.78, 5) is 65.4. The number of nitro groups is 1. The van der Waals surface area contributed by atoms with E-state index in [1.165, 1.54) is 30.3 Å². The maximum Gasteiger partial charge on any atom is 0.271 e. The van der Waals surface area contributed by atoms with Crippen molar-refractivity contribution < 1.29 is 33.6 Å². The lowest BCUT2D eigenvalue weighted by Gasteiger charge is -2.42. The van der Waals surface area contributed by atoms with Crippen LogP contribution in [0.15, 0.2) is 75.8 Å². The fraction of sp³-hybridized carbons (Fsp3) is 0.214. The normalized spacial score (nSPS) is 26.2. The predicted molar refractivity (Wildman–Crippen MR) is 138 cm³/mol. The monoisotopic (exact) mass is 592 g/mol. The number of phenols is 1. The number of Topliss-reactive ketones (excluding diaryl/α,β-unsaturated/α-hetero) is 1. The molecule has 9 nitrogen and oxygen atoms in total. The first-order valence-corrected chi connectivity index (χ1v) is 12.9. The number of nitrogens with zero attached hydrogens (tertiary/aromatic N) is 2. The van der Waals surface area contributed by atoms with Crippen LogP contribution in [0.5, 0.6) is 5.75 Å². The van der Waals surface area contributed by atoms with E-state index in [9.17, 15) is 38.8 Å². The van der Waals surface area contributed by atoms with Crippen LogP contribution in [-0.4, -0.2) is 33.4 Å². The summed E-state index contributed by atoms with van der Waals surface area (Å²) >= 11 is 3.13. The van der Waals surface area contributed by atoms with Crippen molar-refractivity contribution in [1.82, 2.24) is 0 Å². The van der Waals surface area contributed by atoms with Crippen LogP contribution in [0.4, 0.5) is 15.8 Å². The highest BCUT2D eigenvalue weighted by molar-refractivity contribution is 9.12. The van der Waals surface area contributed by atoms with E-state index < -0.39 is 63.5 Å². The van der Waals surface area contributed by atoms with Crippen LogP contribution in [0.3, 0.4) is 0 Å². The number of halogens is 2. The number of para-hydroxylation sites is 1. The molecule has 196 valence electrons. The van der Waals surface area contributed by atoms with Crippen LogP contribution in [0.2, 0.25) is 0 Å². The third kappa shape index (κ3) is 3.63. The number of hydrogen-bond donors (Lipinski definition) is 1. The van der Waals surface area contributed by atoms with Crippen molar-refractivity contribution in [3.05, 3.63) is 97.3 Å². The molecule has 39 heavy (non-hydrogen) atoms. The highest BCUT2D eigenvalue weighted by Crippen LogP contribution is 2.56. The van der Waals surface area contributed by atoms with E-state index in [4.69, 9.17) is 0 Å². The molecule has 4 atom stereocenters. The molecule has 2 aromatic rings.